The number of hydrogen-bond donors (Lipinski definition) is 1. The van der Waals surface area contributed by atoms with Crippen molar-refractivity contribution in [2.45, 2.75) is 64.5 Å². The molecule has 33 heavy (non-hydrogen) atoms. The summed E-state index contributed by atoms with van der Waals surface area (Å²) in [5, 5.41) is 3.03. The number of fused-ring (bicyclic) bond motifs is 1. The first kappa shape index (κ1) is 22.1. The quantitative estimate of drug-likeness (QED) is 0.508. The smallest absolute Gasteiger partial charge is 0.257 e. The van der Waals surface area contributed by atoms with Crippen molar-refractivity contribution in [2.75, 3.05) is 18.4 Å². The maximum atomic E-state index is 13.3. The van der Waals surface area contributed by atoms with Crippen molar-refractivity contribution in [1.82, 2.24) is 14.5 Å². The first-order valence-electron chi connectivity index (χ1n) is 12.4. The highest BCUT2D eigenvalue weighted by Gasteiger charge is 2.25. The molecule has 2 aromatic carbocycles. The van der Waals surface area contributed by atoms with Gasteiger partial charge in [-0.3, -0.25) is 15.0 Å². The van der Waals surface area contributed by atoms with E-state index in [9.17, 15) is 9.18 Å². The van der Waals surface area contributed by atoms with Crippen molar-refractivity contribution in [3.8, 4) is 0 Å². The molecule has 1 amide bonds. The van der Waals surface area contributed by atoms with E-state index in [2.05, 4.69) is 39.9 Å². The van der Waals surface area contributed by atoms with E-state index >= 15 is 0 Å². The third-order valence-corrected chi connectivity index (χ3v) is 7.29. The van der Waals surface area contributed by atoms with Crippen LogP contribution in [0.1, 0.15) is 73.8 Å². The van der Waals surface area contributed by atoms with Gasteiger partial charge in [0.25, 0.3) is 5.91 Å². The van der Waals surface area contributed by atoms with Crippen LogP contribution in [0.25, 0.3) is 11.0 Å². The summed E-state index contributed by atoms with van der Waals surface area (Å²) in [6, 6.07) is 12.5. The van der Waals surface area contributed by atoms with Crippen LogP contribution in [-0.4, -0.2) is 33.4 Å². The highest BCUT2D eigenvalue weighted by Crippen LogP contribution is 2.37. The number of carbonyl (C=O) groups excluding carboxylic acids is 1. The Hall–Kier alpha value is -2.73. The number of benzene rings is 2. The van der Waals surface area contributed by atoms with Crippen molar-refractivity contribution in [3.63, 3.8) is 0 Å². The molecule has 174 valence electrons. The Morgan fingerprint density at radius 2 is 1.76 bits per heavy atom. The molecule has 1 aromatic heterocycles. The van der Waals surface area contributed by atoms with Gasteiger partial charge in [0.15, 0.2) is 0 Å². The first-order chi connectivity index (χ1) is 16.1. The van der Waals surface area contributed by atoms with Gasteiger partial charge >= 0.3 is 0 Å². The zero-order valence-electron chi connectivity index (χ0n) is 19.4. The Morgan fingerprint density at radius 1 is 1.03 bits per heavy atom. The molecule has 1 saturated heterocycles. The SMILES string of the molecule is CC1CCC(n2c(NC(=O)c3ccc(F)cc3)nc3ccc(CN4CCCCC4)cc32)CC1. The first-order valence-corrected chi connectivity index (χ1v) is 12.4. The lowest BCUT2D eigenvalue weighted by atomic mass is 9.87. The summed E-state index contributed by atoms with van der Waals surface area (Å²) in [5.74, 6) is 0.720. The highest BCUT2D eigenvalue weighted by molar-refractivity contribution is 6.04. The molecule has 0 atom stereocenters. The number of amides is 1. The molecule has 5 nitrogen and oxygen atoms in total. The van der Waals surface area contributed by atoms with Crippen LogP contribution in [0.3, 0.4) is 0 Å². The molecule has 2 aliphatic rings. The molecule has 0 spiro atoms. The van der Waals surface area contributed by atoms with Crippen LogP contribution in [0.15, 0.2) is 42.5 Å². The van der Waals surface area contributed by atoms with Gasteiger partial charge in [0, 0.05) is 18.2 Å². The summed E-state index contributed by atoms with van der Waals surface area (Å²) in [5.41, 5.74) is 3.73. The van der Waals surface area contributed by atoms with Gasteiger partial charge in [0.2, 0.25) is 5.95 Å². The van der Waals surface area contributed by atoms with Crippen molar-refractivity contribution in [3.05, 3.63) is 59.4 Å². The number of nitrogens with zero attached hydrogens (tertiary/aromatic N) is 3. The molecule has 1 N–H and O–H groups in total. The summed E-state index contributed by atoms with van der Waals surface area (Å²) in [7, 11) is 0. The molecule has 3 aromatic rings. The Labute approximate surface area is 195 Å². The second-order valence-electron chi connectivity index (χ2n) is 9.84. The average molecular weight is 449 g/mol. The van der Waals surface area contributed by atoms with Gasteiger partial charge in [-0.1, -0.05) is 19.4 Å². The summed E-state index contributed by atoms with van der Waals surface area (Å²) in [4.78, 5) is 20.3. The highest BCUT2D eigenvalue weighted by atomic mass is 19.1. The van der Waals surface area contributed by atoms with E-state index in [1.165, 1.54) is 61.9 Å². The largest absolute Gasteiger partial charge is 0.307 e. The second-order valence-corrected chi connectivity index (χ2v) is 9.84. The van der Waals surface area contributed by atoms with E-state index in [1.54, 1.807) is 0 Å². The van der Waals surface area contributed by atoms with Crippen molar-refractivity contribution < 1.29 is 9.18 Å². The molecule has 1 saturated carbocycles. The van der Waals surface area contributed by atoms with Gasteiger partial charge in [-0.15, -0.1) is 0 Å². The lowest BCUT2D eigenvalue weighted by Crippen LogP contribution is -2.29. The van der Waals surface area contributed by atoms with E-state index in [0.717, 1.165) is 49.4 Å². The van der Waals surface area contributed by atoms with Crippen LogP contribution in [0.5, 0.6) is 0 Å². The minimum Gasteiger partial charge on any atom is -0.307 e. The molecule has 2 heterocycles. The number of hydrogen-bond acceptors (Lipinski definition) is 3. The summed E-state index contributed by atoms with van der Waals surface area (Å²) >= 11 is 0. The number of aromatic nitrogens is 2. The Kier molecular flexibility index (Phi) is 6.45. The molecule has 1 aliphatic heterocycles. The molecule has 0 unspecified atom stereocenters. The zero-order chi connectivity index (χ0) is 22.8. The second kappa shape index (κ2) is 9.64. The number of rotatable bonds is 5. The van der Waals surface area contributed by atoms with Crippen molar-refractivity contribution >= 4 is 22.9 Å². The van der Waals surface area contributed by atoms with Crippen molar-refractivity contribution in [1.29, 1.82) is 0 Å². The topological polar surface area (TPSA) is 50.2 Å². The summed E-state index contributed by atoms with van der Waals surface area (Å²) in [6.45, 7) is 5.60. The normalized spacial score (nSPS) is 21.9. The van der Waals surface area contributed by atoms with Crippen LogP contribution in [0, 0.1) is 11.7 Å². The molecule has 2 fully saturated rings. The van der Waals surface area contributed by atoms with E-state index in [0.29, 0.717) is 17.6 Å². The fourth-order valence-corrected chi connectivity index (χ4v) is 5.35. The van der Waals surface area contributed by atoms with Gasteiger partial charge in [0.05, 0.1) is 11.0 Å². The maximum Gasteiger partial charge on any atom is 0.257 e. The maximum absolute atomic E-state index is 13.3. The molecule has 0 radical (unpaired) electrons. The number of halogens is 1. The third-order valence-electron chi connectivity index (χ3n) is 7.29. The number of nitrogens with one attached hydrogen (secondary N) is 1. The molecule has 5 rings (SSSR count). The van der Waals surface area contributed by atoms with Gasteiger partial charge in [0.1, 0.15) is 5.82 Å². The third kappa shape index (κ3) is 4.96. The van der Waals surface area contributed by atoms with Crippen LogP contribution in [-0.2, 0) is 6.54 Å². The Balaban J connectivity index is 1.47. The van der Waals surface area contributed by atoms with Crippen LogP contribution in [0.4, 0.5) is 10.3 Å². The van der Waals surface area contributed by atoms with Crippen LogP contribution < -0.4 is 5.32 Å². The predicted molar refractivity (Wildman–Crippen MR) is 130 cm³/mol. The van der Waals surface area contributed by atoms with E-state index < -0.39 is 0 Å². The standard InChI is InChI=1S/C27H33FN4O/c1-19-5-12-23(13-6-19)32-25-17-20(18-31-15-3-2-4-16-31)7-14-24(25)29-27(32)30-26(33)21-8-10-22(28)11-9-21/h7-11,14,17,19,23H,2-6,12-13,15-16,18H2,1H3,(H,29,30,33). The number of piperidine rings is 1. The number of likely N-dealkylation sites (tertiary alicyclic amines) is 1. The number of anilines is 1. The minimum absolute atomic E-state index is 0.260. The van der Waals surface area contributed by atoms with Crippen LogP contribution in [0.2, 0.25) is 0 Å². The van der Waals surface area contributed by atoms with Gasteiger partial charge in [-0.2, -0.15) is 0 Å². The van der Waals surface area contributed by atoms with E-state index in [-0.39, 0.29) is 11.7 Å². The molecule has 6 heteroatoms. The lowest BCUT2D eigenvalue weighted by Gasteiger charge is -2.29. The van der Waals surface area contributed by atoms with E-state index in [1.807, 2.05) is 0 Å². The van der Waals surface area contributed by atoms with E-state index in [4.69, 9.17) is 4.98 Å². The molecule has 1 aliphatic carbocycles. The molecule has 0 bridgehead atoms. The number of imidazole rings is 1. The zero-order valence-corrected chi connectivity index (χ0v) is 19.4. The Bertz CT molecular complexity index is 1110. The lowest BCUT2D eigenvalue weighted by molar-refractivity contribution is 0.102. The molecular formula is C27H33FN4O. The summed E-state index contributed by atoms with van der Waals surface area (Å²) < 4.78 is 15.6. The van der Waals surface area contributed by atoms with Crippen LogP contribution >= 0.6 is 0 Å². The predicted octanol–water partition coefficient (Wildman–Crippen LogP) is 6.16. The monoisotopic (exact) mass is 448 g/mol. The number of carbonyl (C=O) groups is 1. The average Bonchev–Trinajstić information content (AvgIpc) is 3.18. The van der Waals surface area contributed by atoms with Gasteiger partial charge in [-0.25, -0.2) is 9.37 Å². The summed E-state index contributed by atoms with van der Waals surface area (Å²) in [6.07, 6.45) is 8.43. The van der Waals surface area contributed by atoms with Gasteiger partial charge in [-0.05, 0) is 99.5 Å². The van der Waals surface area contributed by atoms with Gasteiger partial charge < -0.3 is 4.57 Å². The van der Waals surface area contributed by atoms with Crippen molar-refractivity contribution in [2.24, 2.45) is 5.92 Å². The Morgan fingerprint density at radius 3 is 2.48 bits per heavy atom. The minimum atomic E-state index is -0.351. The molecular weight excluding hydrogens is 415 g/mol. The fraction of sp³-hybridized carbons (Fsp3) is 0.481. The fourth-order valence-electron chi connectivity index (χ4n) is 5.35.